The van der Waals surface area contributed by atoms with Gasteiger partial charge in [0.1, 0.15) is 5.52 Å². The van der Waals surface area contributed by atoms with Crippen molar-refractivity contribution in [1.82, 2.24) is 4.98 Å². The van der Waals surface area contributed by atoms with Crippen molar-refractivity contribution in [2.45, 2.75) is 26.1 Å². The number of alkyl halides is 3. The minimum atomic E-state index is -4.74. The summed E-state index contributed by atoms with van der Waals surface area (Å²) in [4.78, 5) is 4.20. The van der Waals surface area contributed by atoms with Gasteiger partial charge in [-0.15, -0.1) is 13.2 Å². The maximum atomic E-state index is 12.3. The van der Waals surface area contributed by atoms with Gasteiger partial charge in [-0.3, -0.25) is 0 Å². The number of fused-ring (bicyclic) bond motifs is 1. The summed E-state index contributed by atoms with van der Waals surface area (Å²) in [6.45, 7) is 1.96. The highest BCUT2D eigenvalue weighted by molar-refractivity contribution is 5.94. The molecule has 0 amide bonds. The van der Waals surface area contributed by atoms with Gasteiger partial charge in [0, 0.05) is 16.8 Å². The monoisotopic (exact) mass is 270 g/mol. The molecule has 6 heteroatoms. The van der Waals surface area contributed by atoms with Crippen molar-refractivity contribution in [2.75, 3.05) is 5.73 Å². The molecule has 2 rings (SSSR count). The van der Waals surface area contributed by atoms with E-state index in [1.807, 2.05) is 6.92 Å². The minimum Gasteiger partial charge on any atom is -0.403 e. The molecule has 0 radical (unpaired) electrons. The highest BCUT2D eigenvalue weighted by atomic mass is 19.4. The Labute approximate surface area is 108 Å². The summed E-state index contributed by atoms with van der Waals surface area (Å²) in [5, 5.41) is 0.460. The van der Waals surface area contributed by atoms with Gasteiger partial charge >= 0.3 is 6.36 Å². The average Bonchev–Trinajstić information content (AvgIpc) is 2.29. The number of benzene rings is 1. The molecule has 1 heterocycles. The van der Waals surface area contributed by atoms with Crippen LogP contribution in [0.4, 0.5) is 18.9 Å². The van der Waals surface area contributed by atoms with E-state index in [1.165, 1.54) is 12.1 Å². The Bertz CT molecular complexity index is 596. The van der Waals surface area contributed by atoms with Gasteiger partial charge in [-0.1, -0.05) is 25.5 Å². The van der Waals surface area contributed by atoms with Crippen molar-refractivity contribution in [1.29, 1.82) is 0 Å². The van der Waals surface area contributed by atoms with E-state index in [4.69, 9.17) is 5.73 Å². The molecular weight excluding hydrogens is 257 g/mol. The second-order valence-electron chi connectivity index (χ2n) is 4.15. The molecule has 0 saturated carbocycles. The molecule has 19 heavy (non-hydrogen) atoms. The van der Waals surface area contributed by atoms with E-state index < -0.39 is 6.36 Å². The number of rotatable bonds is 3. The summed E-state index contributed by atoms with van der Waals surface area (Å²) in [5.41, 5.74) is 7.05. The predicted octanol–water partition coefficient (Wildman–Crippen LogP) is 3.67. The molecule has 0 aliphatic carbocycles. The van der Waals surface area contributed by atoms with Crippen molar-refractivity contribution in [3.63, 3.8) is 0 Å². The van der Waals surface area contributed by atoms with Crippen molar-refractivity contribution < 1.29 is 17.9 Å². The smallest absolute Gasteiger partial charge is 0.403 e. The molecule has 102 valence electrons. The van der Waals surface area contributed by atoms with Crippen LogP contribution in [-0.4, -0.2) is 11.3 Å². The van der Waals surface area contributed by atoms with Crippen molar-refractivity contribution in [3.05, 3.63) is 30.0 Å². The van der Waals surface area contributed by atoms with Crippen molar-refractivity contribution >= 4 is 16.6 Å². The summed E-state index contributed by atoms with van der Waals surface area (Å²) in [5.74, 6) is -0.324. The zero-order valence-corrected chi connectivity index (χ0v) is 10.3. The van der Waals surface area contributed by atoms with Crippen LogP contribution in [0.25, 0.3) is 10.9 Å². The van der Waals surface area contributed by atoms with Gasteiger partial charge < -0.3 is 10.5 Å². The van der Waals surface area contributed by atoms with Crippen LogP contribution in [0.2, 0.25) is 0 Å². The van der Waals surface area contributed by atoms with E-state index in [0.717, 1.165) is 6.42 Å². The topological polar surface area (TPSA) is 48.1 Å². The Hall–Kier alpha value is -1.98. The zero-order chi connectivity index (χ0) is 14.0. The van der Waals surface area contributed by atoms with Gasteiger partial charge in [-0.05, 0) is 18.6 Å². The first-order chi connectivity index (χ1) is 8.90. The van der Waals surface area contributed by atoms with E-state index in [-0.39, 0.29) is 11.3 Å². The summed E-state index contributed by atoms with van der Waals surface area (Å²) in [7, 11) is 0. The van der Waals surface area contributed by atoms with Gasteiger partial charge in [-0.25, -0.2) is 4.98 Å². The number of hydrogen-bond donors (Lipinski definition) is 1. The number of aryl methyl sites for hydroxylation is 1. The number of halogens is 3. The molecule has 1 aromatic heterocycles. The third-order valence-corrected chi connectivity index (χ3v) is 2.62. The molecule has 0 aliphatic rings. The lowest BCUT2D eigenvalue weighted by Crippen LogP contribution is -2.17. The summed E-state index contributed by atoms with van der Waals surface area (Å²) < 4.78 is 41.0. The normalized spacial score (nSPS) is 11.8. The Kier molecular flexibility index (Phi) is 3.50. The van der Waals surface area contributed by atoms with Crippen LogP contribution in [0.15, 0.2) is 24.3 Å². The van der Waals surface area contributed by atoms with Crippen LogP contribution in [0.1, 0.15) is 19.0 Å². The lowest BCUT2D eigenvalue weighted by Gasteiger charge is -2.12. The van der Waals surface area contributed by atoms with E-state index in [0.29, 0.717) is 23.2 Å². The Balaban J connectivity index is 2.58. The molecule has 2 N–H and O–H groups in total. The minimum absolute atomic E-state index is 0.142. The van der Waals surface area contributed by atoms with Crippen LogP contribution >= 0.6 is 0 Å². The number of aromatic nitrogens is 1. The predicted molar refractivity (Wildman–Crippen MR) is 66.8 cm³/mol. The third kappa shape index (κ3) is 3.07. The van der Waals surface area contributed by atoms with Crippen molar-refractivity contribution in [3.8, 4) is 5.75 Å². The van der Waals surface area contributed by atoms with E-state index in [2.05, 4.69) is 9.72 Å². The highest BCUT2D eigenvalue weighted by Gasteiger charge is 2.32. The lowest BCUT2D eigenvalue weighted by atomic mass is 10.1. The number of ether oxygens (including phenoxy) is 1. The molecule has 1 aromatic carbocycles. The van der Waals surface area contributed by atoms with E-state index >= 15 is 0 Å². The van der Waals surface area contributed by atoms with Crippen LogP contribution in [0.5, 0.6) is 5.75 Å². The van der Waals surface area contributed by atoms with Crippen LogP contribution in [0.3, 0.4) is 0 Å². The number of nitrogen functional groups attached to an aromatic ring is 1. The molecule has 0 bridgehead atoms. The second kappa shape index (κ2) is 4.95. The number of hydrogen-bond acceptors (Lipinski definition) is 3. The largest absolute Gasteiger partial charge is 0.573 e. The first kappa shape index (κ1) is 13.5. The quantitative estimate of drug-likeness (QED) is 0.925. The molecule has 0 unspecified atom stereocenters. The SMILES string of the molecule is CCCc1cc(N)c2cccc(OC(F)(F)F)c2n1. The number of nitrogens with zero attached hydrogens (tertiary/aromatic N) is 1. The van der Waals surface area contributed by atoms with E-state index in [9.17, 15) is 13.2 Å². The van der Waals surface area contributed by atoms with Crippen LogP contribution in [-0.2, 0) is 6.42 Å². The Morgan fingerprint density at radius 2 is 2.05 bits per heavy atom. The summed E-state index contributed by atoms with van der Waals surface area (Å²) in [6, 6.07) is 6.00. The number of nitrogens with two attached hydrogens (primary N) is 1. The number of anilines is 1. The van der Waals surface area contributed by atoms with Gasteiger partial charge in [0.2, 0.25) is 0 Å². The molecular formula is C13H13F3N2O. The zero-order valence-electron chi connectivity index (χ0n) is 10.3. The Morgan fingerprint density at radius 1 is 1.32 bits per heavy atom. The first-order valence-electron chi connectivity index (χ1n) is 5.84. The fourth-order valence-corrected chi connectivity index (χ4v) is 1.89. The van der Waals surface area contributed by atoms with Crippen molar-refractivity contribution in [2.24, 2.45) is 0 Å². The highest BCUT2D eigenvalue weighted by Crippen LogP contribution is 2.32. The summed E-state index contributed by atoms with van der Waals surface area (Å²) >= 11 is 0. The van der Waals surface area contributed by atoms with Crippen LogP contribution in [0, 0.1) is 0 Å². The molecule has 3 nitrogen and oxygen atoms in total. The van der Waals surface area contributed by atoms with Gasteiger partial charge in [-0.2, -0.15) is 0 Å². The average molecular weight is 270 g/mol. The first-order valence-corrected chi connectivity index (χ1v) is 5.84. The molecule has 0 saturated heterocycles. The molecule has 2 aromatic rings. The number of pyridine rings is 1. The van der Waals surface area contributed by atoms with Gasteiger partial charge in [0.25, 0.3) is 0 Å². The standard InChI is InChI=1S/C13H13F3N2O/c1-2-4-8-7-10(17)9-5-3-6-11(12(9)18-8)19-13(14,15)16/h3,5-7H,2,4H2,1H3,(H2,17,18). The van der Waals surface area contributed by atoms with Gasteiger partial charge in [0.15, 0.2) is 5.75 Å². The number of para-hydroxylation sites is 1. The maximum absolute atomic E-state index is 12.3. The molecule has 0 atom stereocenters. The lowest BCUT2D eigenvalue weighted by molar-refractivity contribution is -0.274. The molecule has 0 fully saturated rings. The summed E-state index contributed by atoms with van der Waals surface area (Å²) in [6.07, 6.45) is -3.26. The third-order valence-electron chi connectivity index (χ3n) is 2.62. The second-order valence-corrected chi connectivity index (χ2v) is 4.15. The van der Waals surface area contributed by atoms with E-state index in [1.54, 1.807) is 12.1 Å². The molecule has 0 aliphatic heterocycles. The fourth-order valence-electron chi connectivity index (χ4n) is 1.89. The maximum Gasteiger partial charge on any atom is 0.573 e. The van der Waals surface area contributed by atoms with Crippen LogP contribution < -0.4 is 10.5 Å². The fraction of sp³-hybridized carbons (Fsp3) is 0.308. The van der Waals surface area contributed by atoms with Gasteiger partial charge in [0.05, 0.1) is 0 Å². The Morgan fingerprint density at radius 3 is 2.68 bits per heavy atom. The molecule has 0 spiro atoms.